The zero-order valence-electron chi connectivity index (χ0n) is 7.40. The number of aromatic hydroxyl groups is 1. The van der Waals surface area contributed by atoms with Gasteiger partial charge < -0.3 is 10.8 Å². The predicted octanol–water partition coefficient (Wildman–Crippen LogP) is 1.49. The first-order valence-corrected chi connectivity index (χ1v) is 4.19. The largest absolute Gasteiger partial charge is 0.504 e. The molecule has 0 saturated heterocycles. The van der Waals surface area contributed by atoms with Crippen molar-refractivity contribution in [1.82, 2.24) is 0 Å². The molecule has 2 aromatic rings. The highest BCUT2D eigenvalue weighted by Gasteiger charge is 1.96. The highest BCUT2D eigenvalue weighted by molar-refractivity contribution is 5.84. The van der Waals surface area contributed by atoms with Gasteiger partial charge >= 0.3 is 0 Å². The topological polar surface area (TPSA) is 63.3 Å². The highest BCUT2D eigenvalue weighted by Crippen LogP contribution is 2.16. The number of nitrogens with two attached hydrogens (primary N) is 1. The molecule has 3 N–H and O–H groups in total. The van der Waals surface area contributed by atoms with E-state index in [4.69, 9.17) is 5.73 Å². The zero-order chi connectivity index (χ0) is 10.1. The molecule has 0 aliphatic heterocycles. The minimum atomic E-state index is -0.398. The van der Waals surface area contributed by atoms with Gasteiger partial charge in [-0.05, 0) is 35.0 Å². The first-order chi connectivity index (χ1) is 6.66. The van der Waals surface area contributed by atoms with Crippen LogP contribution in [0.5, 0.6) is 5.75 Å². The normalized spacial score (nSPS) is 10.3. The molecule has 0 bridgehead atoms. The van der Waals surface area contributed by atoms with E-state index in [1.807, 2.05) is 6.07 Å². The van der Waals surface area contributed by atoms with Crippen LogP contribution in [0.4, 0.5) is 5.69 Å². The maximum atomic E-state index is 11.3. The van der Waals surface area contributed by atoms with Gasteiger partial charge in [0.1, 0.15) is 0 Å². The van der Waals surface area contributed by atoms with Crippen LogP contribution in [0.1, 0.15) is 0 Å². The van der Waals surface area contributed by atoms with Gasteiger partial charge in [0.05, 0.1) is 0 Å². The molecule has 14 heavy (non-hydrogen) atoms. The van der Waals surface area contributed by atoms with E-state index in [0.717, 1.165) is 10.8 Å². The third kappa shape index (κ3) is 1.40. The lowest BCUT2D eigenvalue weighted by Crippen LogP contribution is -1.92. The van der Waals surface area contributed by atoms with Crippen molar-refractivity contribution in [2.75, 3.05) is 5.73 Å². The Labute approximate surface area is 80.4 Å². The molecule has 0 aromatic heterocycles. The average molecular weight is 187 g/mol. The van der Waals surface area contributed by atoms with Gasteiger partial charge in [0.15, 0.2) is 5.75 Å². The summed E-state index contributed by atoms with van der Waals surface area (Å²) in [5, 5.41) is 10.8. The van der Waals surface area contributed by atoms with E-state index in [-0.39, 0.29) is 5.75 Å². The van der Waals surface area contributed by atoms with Crippen LogP contribution in [-0.4, -0.2) is 5.11 Å². The number of rotatable bonds is 0. The van der Waals surface area contributed by atoms with Crippen LogP contribution in [0, 0.1) is 0 Å². The Balaban J connectivity index is 2.94. The molecular weight excluding hydrogens is 178 g/mol. The second-order valence-electron chi connectivity index (χ2n) is 3.12. The second kappa shape index (κ2) is 3.03. The first-order valence-electron chi connectivity index (χ1n) is 4.19. The Hall–Kier alpha value is -2.03. The summed E-state index contributed by atoms with van der Waals surface area (Å²) in [5.74, 6) is -0.250. The molecule has 3 heteroatoms. The summed E-state index contributed by atoms with van der Waals surface area (Å²) >= 11 is 0. The molecule has 0 fully saturated rings. The van der Waals surface area contributed by atoms with Crippen LogP contribution >= 0.6 is 0 Å². The number of hydrogen-bond acceptors (Lipinski definition) is 3. The molecule has 2 aromatic carbocycles. The van der Waals surface area contributed by atoms with Crippen LogP contribution in [0.2, 0.25) is 0 Å². The summed E-state index contributed by atoms with van der Waals surface area (Å²) in [6, 6.07) is 9.72. The Kier molecular flexibility index (Phi) is 1.85. The van der Waals surface area contributed by atoms with Gasteiger partial charge in [0.2, 0.25) is 5.43 Å². The van der Waals surface area contributed by atoms with Crippen molar-refractivity contribution in [2.24, 2.45) is 0 Å². The third-order valence-electron chi connectivity index (χ3n) is 2.07. The van der Waals surface area contributed by atoms with E-state index in [1.54, 1.807) is 18.2 Å². The lowest BCUT2D eigenvalue weighted by Gasteiger charge is -1.93. The molecule has 0 radical (unpaired) electrons. The highest BCUT2D eigenvalue weighted by atomic mass is 16.3. The molecule has 0 spiro atoms. The molecule has 0 aliphatic rings. The smallest absolute Gasteiger partial charge is 0.220 e. The third-order valence-corrected chi connectivity index (χ3v) is 2.07. The Morgan fingerprint density at radius 1 is 1.00 bits per heavy atom. The summed E-state index contributed by atoms with van der Waals surface area (Å²) in [6.45, 7) is 0. The fourth-order valence-electron chi connectivity index (χ4n) is 1.34. The summed E-state index contributed by atoms with van der Waals surface area (Å²) in [6.07, 6.45) is 0. The number of benzene rings is 1. The molecule has 70 valence electrons. The van der Waals surface area contributed by atoms with Gasteiger partial charge in [0.25, 0.3) is 0 Å². The van der Waals surface area contributed by atoms with Crippen LogP contribution in [0.25, 0.3) is 10.8 Å². The number of anilines is 1. The molecular formula is C11H9NO2. The lowest BCUT2D eigenvalue weighted by molar-refractivity contribution is 0.471. The molecule has 2 rings (SSSR count). The molecule has 0 heterocycles. The van der Waals surface area contributed by atoms with Crippen molar-refractivity contribution < 1.29 is 5.11 Å². The molecule has 0 aliphatic carbocycles. The minimum absolute atomic E-state index is 0.250. The number of hydrogen-bond donors (Lipinski definition) is 2. The Morgan fingerprint density at radius 3 is 2.50 bits per heavy atom. The average Bonchev–Trinajstić information content (AvgIpc) is 2.27. The van der Waals surface area contributed by atoms with E-state index in [2.05, 4.69) is 0 Å². The lowest BCUT2D eigenvalue weighted by atomic mass is 10.2. The SMILES string of the molecule is Nc1ccc2ccc(O)c(=O)cc2c1. The van der Waals surface area contributed by atoms with Gasteiger partial charge in [-0.15, -0.1) is 0 Å². The Morgan fingerprint density at radius 2 is 1.71 bits per heavy atom. The summed E-state index contributed by atoms with van der Waals surface area (Å²) in [4.78, 5) is 11.3. The van der Waals surface area contributed by atoms with Crippen LogP contribution in [0.15, 0.2) is 41.2 Å². The van der Waals surface area contributed by atoms with E-state index in [9.17, 15) is 9.90 Å². The van der Waals surface area contributed by atoms with Crippen LogP contribution < -0.4 is 11.2 Å². The molecule has 0 amide bonds. The fraction of sp³-hybridized carbons (Fsp3) is 0. The van der Waals surface area contributed by atoms with Crippen molar-refractivity contribution in [2.45, 2.75) is 0 Å². The summed E-state index contributed by atoms with van der Waals surface area (Å²) in [7, 11) is 0. The van der Waals surface area contributed by atoms with Gasteiger partial charge in [-0.25, -0.2) is 0 Å². The van der Waals surface area contributed by atoms with Crippen LogP contribution in [0.3, 0.4) is 0 Å². The van der Waals surface area contributed by atoms with Gasteiger partial charge in [0, 0.05) is 5.69 Å². The summed E-state index contributed by atoms with van der Waals surface area (Å²) < 4.78 is 0. The molecule has 0 unspecified atom stereocenters. The molecule has 0 saturated carbocycles. The first kappa shape index (κ1) is 8.56. The quantitative estimate of drug-likeness (QED) is 0.614. The van der Waals surface area contributed by atoms with E-state index >= 15 is 0 Å². The van der Waals surface area contributed by atoms with Gasteiger partial charge in [-0.2, -0.15) is 0 Å². The van der Waals surface area contributed by atoms with E-state index in [1.165, 1.54) is 12.1 Å². The Bertz CT molecular complexity index is 549. The van der Waals surface area contributed by atoms with E-state index < -0.39 is 5.43 Å². The molecule has 3 nitrogen and oxygen atoms in total. The van der Waals surface area contributed by atoms with Crippen molar-refractivity contribution in [3.63, 3.8) is 0 Å². The maximum Gasteiger partial charge on any atom is 0.220 e. The fourth-order valence-corrected chi connectivity index (χ4v) is 1.34. The minimum Gasteiger partial charge on any atom is -0.504 e. The van der Waals surface area contributed by atoms with Crippen molar-refractivity contribution in [3.05, 3.63) is 46.6 Å². The second-order valence-corrected chi connectivity index (χ2v) is 3.12. The monoisotopic (exact) mass is 187 g/mol. The predicted molar refractivity (Wildman–Crippen MR) is 56.3 cm³/mol. The zero-order valence-corrected chi connectivity index (χ0v) is 7.40. The molecule has 0 atom stereocenters. The van der Waals surface area contributed by atoms with E-state index in [0.29, 0.717) is 5.69 Å². The van der Waals surface area contributed by atoms with Crippen molar-refractivity contribution in [1.29, 1.82) is 0 Å². The maximum absolute atomic E-state index is 11.3. The van der Waals surface area contributed by atoms with Gasteiger partial charge in [-0.1, -0.05) is 12.1 Å². The number of nitrogen functional groups attached to an aromatic ring is 1. The number of fused-ring (bicyclic) bond motifs is 1. The van der Waals surface area contributed by atoms with Crippen molar-refractivity contribution >= 4 is 16.5 Å². The standard InChI is InChI=1S/C11H9NO2/c12-9-3-1-7-2-4-10(13)11(14)6-8(7)5-9/h1-6H,12H2,(H,13,14). The van der Waals surface area contributed by atoms with Gasteiger partial charge in [-0.3, -0.25) is 4.79 Å². The summed E-state index contributed by atoms with van der Waals surface area (Å²) in [5.41, 5.74) is 5.79. The van der Waals surface area contributed by atoms with Crippen LogP contribution in [-0.2, 0) is 0 Å². The van der Waals surface area contributed by atoms with Crippen molar-refractivity contribution in [3.8, 4) is 5.75 Å².